The molecule has 0 bridgehead atoms. The summed E-state index contributed by atoms with van der Waals surface area (Å²) < 4.78 is 3.73. The highest BCUT2D eigenvalue weighted by molar-refractivity contribution is 6.31. The topological polar surface area (TPSA) is 81.7 Å². The maximum atomic E-state index is 13.4. The smallest absolute Gasteiger partial charge is 0.273 e. The van der Waals surface area contributed by atoms with Crippen molar-refractivity contribution in [3.8, 4) is 11.5 Å². The summed E-state index contributed by atoms with van der Waals surface area (Å²) in [5.74, 6) is 0.230. The molecule has 0 radical (unpaired) electrons. The van der Waals surface area contributed by atoms with Gasteiger partial charge >= 0.3 is 0 Å². The molecule has 9 heteroatoms. The van der Waals surface area contributed by atoms with Gasteiger partial charge in [0.1, 0.15) is 11.4 Å². The molecule has 0 saturated carbocycles. The summed E-state index contributed by atoms with van der Waals surface area (Å²) in [6.07, 6.45) is 5.16. The Hall–Kier alpha value is -3.26. The van der Waals surface area contributed by atoms with E-state index in [2.05, 4.69) is 20.1 Å². The van der Waals surface area contributed by atoms with Crippen molar-refractivity contribution in [2.24, 2.45) is 7.05 Å². The molecule has 0 N–H and O–H groups in total. The van der Waals surface area contributed by atoms with Crippen molar-refractivity contribution in [2.45, 2.75) is 26.9 Å². The number of rotatable bonds is 5. The van der Waals surface area contributed by atoms with E-state index in [0.717, 1.165) is 23.5 Å². The van der Waals surface area contributed by atoms with Crippen molar-refractivity contribution in [3.05, 3.63) is 58.9 Å². The zero-order chi connectivity index (χ0) is 21.4. The van der Waals surface area contributed by atoms with E-state index in [4.69, 9.17) is 11.6 Å². The highest BCUT2D eigenvalue weighted by atomic mass is 35.5. The number of amides is 1. The van der Waals surface area contributed by atoms with Gasteiger partial charge in [-0.3, -0.25) is 9.48 Å². The number of carbonyl (C=O) groups excluding carboxylic acids is 1. The van der Waals surface area contributed by atoms with Crippen LogP contribution in [0, 0.1) is 6.92 Å². The number of imidazole rings is 1. The second-order valence-corrected chi connectivity index (χ2v) is 7.62. The molecule has 1 aromatic carbocycles. The molecule has 30 heavy (non-hydrogen) atoms. The first-order valence-corrected chi connectivity index (χ1v) is 9.97. The maximum Gasteiger partial charge on any atom is 0.273 e. The predicted octanol–water partition coefficient (Wildman–Crippen LogP) is 3.48. The number of halogens is 1. The summed E-state index contributed by atoms with van der Waals surface area (Å²) in [4.78, 5) is 28.4. The van der Waals surface area contributed by atoms with Crippen molar-refractivity contribution in [1.29, 1.82) is 0 Å². The molecular weight excluding hydrogens is 402 g/mol. The third kappa shape index (κ3) is 3.54. The largest absolute Gasteiger partial charge is 0.336 e. The molecule has 0 unspecified atom stereocenters. The lowest BCUT2D eigenvalue weighted by Crippen LogP contribution is -2.28. The van der Waals surface area contributed by atoms with Crippen LogP contribution >= 0.6 is 11.6 Å². The van der Waals surface area contributed by atoms with Crippen molar-refractivity contribution < 1.29 is 4.79 Å². The Morgan fingerprint density at radius 1 is 1.23 bits per heavy atom. The summed E-state index contributed by atoms with van der Waals surface area (Å²) in [5, 5.41) is 5.51. The van der Waals surface area contributed by atoms with Gasteiger partial charge in [-0.05, 0) is 32.0 Å². The third-order valence-electron chi connectivity index (χ3n) is 5.16. The van der Waals surface area contributed by atoms with Gasteiger partial charge in [0, 0.05) is 48.9 Å². The molecule has 0 fully saturated rings. The van der Waals surface area contributed by atoms with Crippen molar-refractivity contribution in [2.75, 3.05) is 7.05 Å². The molecule has 0 spiro atoms. The fourth-order valence-corrected chi connectivity index (χ4v) is 3.59. The summed E-state index contributed by atoms with van der Waals surface area (Å²) in [7, 11) is 3.62. The van der Waals surface area contributed by atoms with Crippen molar-refractivity contribution in [3.63, 3.8) is 0 Å². The molecule has 3 aromatic heterocycles. The lowest BCUT2D eigenvalue weighted by Gasteiger charge is -2.18. The van der Waals surface area contributed by atoms with Crippen LogP contribution in [0.1, 0.15) is 28.7 Å². The van der Waals surface area contributed by atoms with Crippen LogP contribution in [0.15, 0.2) is 36.9 Å². The summed E-state index contributed by atoms with van der Waals surface area (Å²) in [6.45, 7) is 5.25. The monoisotopic (exact) mass is 423 g/mol. The van der Waals surface area contributed by atoms with Crippen molar-refractivity contribution in [1.82, 2.24) is 34.2 Å². The molecule has 0 aliphatic rings. The normalized spacial score (nSPS) is 11.2. The zero-order valence-corrected chi connectivity index (χ0v) is 18.1. The molecule has 4 rings (SSSR count). The van der Waals surface area contributed by atoms with Crippen LogP contribution in [-0.2, 0) is 20.1 Å². The molecule has 8 nitrogen and oxygen atoms in total. The first-order valence-electron chi connectivity index (χ1n) is 9.59. The van der Waals surface area contributed by atoms with Gasteiger partial charge < -0.3 is 9.47 Å². The Kier molecular flexibility index (Phi) is 5.26. The first kappa shape index (κ1) is 20.0. The lowest BCUT2D eigenvalue weighted by atomic mass is 10.1. The van der Waals surface area contributed by atoms with E-state index in [0.29, 0.717) is 34.0 Å². The number of fused-ring (bicyclic) bond motifs is 1. The molecule has 0 atom stereocenters. The van der Waals surface area contributed by atoms with E-state index >= 15 is 0 Å². The highest BCUT2D eigenvalue weighted by Gasteiger charge is 2.21. The standard InChI is InChI=1S/C21H22ClN7O/c1-5-29-13(2)14(9-24-29)11-27(3)21(30)19-16-8-15(22)6-7-17(16)25-20(26-19)18-10-23-12-28(18)4/h6-10,12H,5,11H2,1-4H3. The minimum atomic E-state index is -0.211. The van der Waals surface area contributed by atoms with Crippen LogP contribution in [0.25, 0.3) is 22.4 Å². The number of carbonyl (C=O) groups is 1. The van der Waals surface area contributed by atoms with E-state index in [1.165, 1.54) is 0 Å². The van der Waals surface area contributed by atoms with E-state index in [1.807, 2.05) is 30.1 Å². The molecule has 1 amide bonds. The van der Waals surface area contributed by atoms with E-state index in [1.54, 1.807) is 48.9 Å². The van der Waals surface area contributed by atoms with Gasteiger partial charge in [0.05, 0.1) is 24.2 Å². The minimum absolute atomic E-state index is 0.211. The number of aromatic nitrogens is 6. The van der Waals surface area contributed by atoms with E-state index in [-0.39, 0.29) is 5.91 Å². The fourth-order valence-electron chi connectivity index (χ4n) is 3.42. The highest BCUT2D eigenvalue weighted by Crippen LogP contribution is 2.25. The third-order valence-corrected chi connectivity index (χ3v) is 5.40. The Labute approximate surface area is 179 Å². The Balaban J connectivity index is 1.77. The van der Waals surface area contributed by atoms with Gasteiger partial charge in [-0.2, -0.15) is 5.10 Å². The molecule has 0 aliphatic heterocycles. The van der Waals surface area contributed by atoms with Gasteiger partial charge in [-0.15, -0.1) is 0 Å². The second-order valence-electron chi connectivity index (χ2n) is 7.18. The van der Waals surface area contributed by atoms with Crippen LogP contribution in [0.3, 0.4) is 0 Å². The molecular formula is C21H22ClN7O. The average molecular weight is 424 g/mol. The number of benzene rings is 1. The van der Waals surface area contributed by atoms with Gasteiger partial charge in [0.25, 0.3) is 5.91 Å². The molecule has 3 heterocycles. The first-order chi connectivity index (χ1) is 14.4. The van der Waals surface area contributed by atoms with Gasteiger partial charge in [-0.1, -0.05) is 11.6 Å². The summed E-state index contributed by atoms with van der Waals surface area (Å²) >= 11 is 6.20. The number of nitrogens with zero attached hydrogens (tertiary/aromatic N) is 7. The van der Waals surface area contributed by atoms with Gasteiger partial charge in [-0.25, -0.2) is 15.0 Å². The average Bonchev–Trinajstić information content (AvgIpc) is 3.32. The van der Waals surface area contributed by atoms with E-state index < -0.39 is 0 Å². The predicted molar refractivity (Wildman–Crippen MR) is 115 cm³/mol. The Bertz CT molecular complexity index is 1240. The van der Waals surface area contributed by atoms with Crippen LogP contribution in [0.4, 0.5) is 0 Å². The zero-order valence-electron chi connectivity index (χ0n) is 17.3. The molecule has 0 aliphatic carbocycles. The van der Waals surface area contributed by atoms with Crippen molar-refractivity contribution >= 4 is 28.4 Å². The number of aryl methyl sites for hydroxylation is 2. The number of hydrogen-bond donors (Lipinski definition) is 0. The van der Waals surface area contributed by atoms with Crippen LogP contribution in [-0.4, -0.2) is 47.2 Å². The Morgan fingerprint density at radius 3 is 2.70 bits per heavy atom. The van der Waals surface area contributed by atoms with Gasteiger partial charge in [0.2, 0.25) is 0 Å². The SMILES string of the molecule is CCn1ncc(CN(C)C(=O)c2nc(-c3cncn3C)nc3ccc(Cl)cc23)c1C. The van der Waals surface area contributed by atoms with Crippen LogP contribution in [0.5, 0.6) is 0 Å². The lowest BCUT2D eigenvalue weighted by molar-refractivity contribution is 0.0781. The minimum Gasteiger partial charge on any atom is -0.336 e. The maximum absolute atomic E-state index is 13.4. The second kappa shape index (κ2) is 7.87. The van der Waals surface area contributed by atoms with Crippen LogP contribution in [0.2, 0.25) is 5.02 Å². The quantitative estimate of drug-likeness (QED) is 0.490. The van der Waals surface area contributed by atoms with E-state index in [9.17, 15) is 4.79 Å². The molecule has 154 valence electrons. The molecule has 4 aromatic rings. The Morgan fingerprint density at radius 2 is 2.03 bits per heavy atom. The number of hydrogen-bond acceptors (Lipinski definition) is 5. The summed E-state index contributed by atoms with van der Waals surface area (Å²) in [6, 6.07) is 5.28. The fraction of sp³-hybridized carbons (Fsp3) is 0.286. The van der Waals surface area contributed by atoms with Gasteiger partial charge in [0.15, 0.2) is 5.82 Å². The van der Waals surface area contributed by atoms with Crippen LogP contribution < -0.4 is 0 Å². The summed E-state index contributed by atoms with van der Waals surface area (Å²) in [5.41, 5.74) is 3.72. The molecule has 0 saturated heterocycles.